The molecule has 2 aliphatic carbocycles. The third-order valence-electron chi connectivity index (χ3n) is 15.5. The van der Waals surface area contributed by atoms with E-state index in [1.807, 2.05) is 0 Å². The van der Waals surface area contributed by atoms with Crippen molar-refractivity contribution in [3.05, 3.63) is 313 Å². The molecule has 0 radical (unpaired) electrons. The van der Waals surface area contributed by atoms with Crippen LogP contribution in [-0.2, 0) is 5.41 Å². The van der Waals surface area contributed by atoms with Gasteiger partial charge in [0.15, 0.2) is 0 Å². The lowest BCUT2D eigenvalue weighted by Gasteiger charge is -2.30. The van der Waals surface area contributed by atoms with Crippen molar-refractivity contribution in [2.24, 2.45) is 0 Å². The maximum atomic E-state index is 2.44. The second kappa shape index (κ2) is 17.5. The van der Waals surface area contributed by atoms with Crippen LogP contribution in [0, 0.1) is 0 Å². The van der Waals surface area contributed by atoms with Crippen LogP contribution in [0.3, 0.4) is 0 Å². The van der Waals surface area contributed by atoms with E-state index in [2.05, 4.69) is 291 Å². The predicted octanol–water partition coefficient (Wildman–Crippen LogP) is 19.4. The number of hydrogen-bond donors (Lipinski definition) is 0. The third kappa shape index (κ3) is 7.06. The molecule has 0 unspecified atom stereocenters. The van der Waals surface area contributed by atoms with Gasteiger partial charge < -0.3 is 0 Å². The molecule has 0 amide bonds. The summed E-state index contributed by atoms with van der Waals surface area (Å²) in [6.45, 7) is 0. The van der Waals surface area contributed by atoms with Gasteiger partial charge >= 0.3 is 0 Å². The smallest absolute Gasteiger partial charge is 0.0622 e. The molecule has 2 aliphatic rings. The van der Waals surface area contributed by atoms with Crippen molar-refractivity contribution in [1.82, 2.24) is 0 Å². The molecule has 0 saturated heterocycles. The first kappa shape index (κ1) is 42.5. The number of fused-ring (bicyclic) bond motifs is 10. The van der Waals surface area contributed by atoms with Crippen molar-refractivity contribution in [3.63, 3.8) is 0 Å². The molecule has 0 atom stereocenters. The molecule has 12 aromatic carbocycles. The van der Waals surface area contributed by atoms with Crippen LogP contribution < -0.4 is 0 Å². The summed E-state index contributed by atoms with van der Waals surface area (Å²) in [6.07, 6.45) is 0. The molecule has 0 heterocycles. The van der Waals surface area contributed by atoms with Gasteiger partial charge in [-0.05, 0) is 182 Å². The highest BCUT2D eigenvalue weighted by atomic mass is 14.5. The van der Waals surface area contributed by atoms with Gasteiger partial charge in [-0.1, -0.05) is 243 Å². The average Bonchev–Trinajstić information content (AvgIpc) is 3.96. The molecular formula is C73H48. The summed E-state index contributed by atoms with van der Waals surface area (Å²) in [4.78, 5) is 0. The van der Waals surface area contributed by atoms with E-state index >= 15 is 0 Å². The monoisotopic (exact) mass is 924 g/mol. The molecule has 14 rings (SSSR count). The van der Waals surface area contributed by atoms with Gasteiger partial charge in [-0.25, -0.2) is 0 Å². The Kier molecular flexibility index (Phi) is 10.2. The molecule has 0 saturated carbocycles. The van der Waals surface area contributed by atoms with E-state index in [1.165, 1.54) is 134 Å². The van der Waals surface area contributed by atoms with Gasteiger partial charge in [-0.15, -0.1) is 0 Å². The number of hydrogen-bond acceptors (Lipinski definition) is 0. The van der Waals surface area contributed by atoms with Crippen LogP contribution in [0.25, 0.3) is 111 Å². The molecule has 0 heteroatoms. The van der Waals surface area contributed by atoms with E-state index in [1.54, 1.807) is 0 Å². The summed E-state index contributed by atoms with van der Waals surface area (Å²) in [5.74, 6) is 0. The summed E-state index contributed by atoms with van der Waals surface area (Å²) in [7, 11) is 0. The zero-order chi connectivity index (χ0) is 48.3. The third-order valence-corrected chi connectivity index (χ3v) is 15.5. The van der Waals surface area contributed by atoms with Crippen molar-refractivity contribution in [2.75, 3.05) is 0 Å². The highest BCUT2D eigenvalue weighted by molar-refractivity contribution is 6.01. The largest absolute Gasteiger partial charge is 0.0725 e. The van der Waals surface area contributed by atoms with Crippen molar-refractivity contribution in [2.45, 2.75) is 5.41 Å². The molecular weight excluding hydrogens is 877 g/mol. The Hall–Kier alpha value is -9.36. The summed E-state index contributed by atoms with van der Waals surface area (Å²) < 4.78 is 0. The van der Waals surface area contributed by atoms with Gasteiger partial charge in [-0.3, -0.25) is 0 Å². The van der Waals surface area contributed by atoms with E-state index < -0.39 is 5.41 Å². The molecule has 73 heavy (non-hydrogen) atoms. The first-order valence-electron chi connectivity index (χ1n) is 25.4. The fourth-order valence-corrected chi connectivity index (χ4v) is 12.2. The van der Waals surface area contributed by atoms with Gasteiger partial charge in [0, 0.05) is 0 Å². The summed E-state index contributed by atoms with van der Waals surface area (Å²) in [5.41, 5.74) is 29.2. The zero-order valence-corrected chi connectivity index (χ0v) is 40.2. The highest BCUT2D eigenvalue weighted by Gasteiger charge is 2.52. The van der Waals surface area contributed by atoms with E-state index in [0.717, 1.165) is 0 Å². The maximum Gasteiger partial charge on any atom is 0.0725 e. The minimum atomic E-state index is -0.436. The minimum absolute atomic E-state index is 0.436. The zero-order valence-electron chi connectivity index (χ0n) is 40.2. The van der Waals surface area contributed by atoms with E-state index in [0.29, 0.717) is 0 Å². The Morgan fingerprint density at radius 3 is 1.00 bits per heavy atom. The number of rotatable bonds is 8. The van der Waals surface area contributed by atoms with Crippen LogP contribution in [-0.4, -0.2) is 0 Å². The van der Waals surface area contributed by atoms with Gasteiger partial charge in [-0.2, -0.15) is 0 Å². The quantitative estimate of drug-likeness (QED) is 0.142. The number of benzene rings is 12. The second-order valence-corrected chi connectivity index (χ2v) is 19.5. The Balaban J connectivity index is 0.996. The van der Waals surface area contributed by atoms with Crippen LogP contribution in [0.1, 0.15) is 22.3 Å². The lowest BCUT2D eigenvalue weighted by atomic mass is 9.70. The van der Waals surface area contributed by atoms with E-state index in [4.69, 9.17) is 0 Å². The average molecular weight is 925 g/mol. The Labute approximate surface area is 427 Å². The molecule has 0 bridgehead atoms. The standard InChI is InChI=1S/C73H48/c1-5-21-49(22-6-1)56-42-57(50-23-7-2-8-24-50)44-58(43-56)53-29-19-30-54(41-53)59-45-60(55-39-40-62(51-25-9-3-10-26-51)67(48-55)52-27-11-4-12-28-52)47-61(46-59)63-34-20-38-71-72(63)66-33-15-18-37-70(66)73(71)68-35-16-13-31-64(68)65-32-14-17-36-69(65)73/h1-48H. The Bertz CT molecular complexity index is 3950. The van der Waals surface area contributed by atoms with Crippen LogP contribution in [0.5, 0.6) is 0 Å². The van der Waals surface area contributed by atoms with Gasteiger partial charge in [0.2, 0.25) is 0 Å². The summed E-state index contributed by atoms with van der Waals surface area (Å²) >= 11 is 0. The molecule has 1 spiro atoms. The van der Waals surface area contributed by atoms with Crippen LogP contribution in [0.4, 0.5) is 0 Å². The Morgan fingerprint density at radius 1 is 0.151 bits per heavy atom. The molecule has 340 valence electrons. The van der Waals surface area contributed by atoms with E-state index in [-0.39, 0.29) is 0 Å². The summed E-state index contributed by atoms with van der Waals surface area (Å²) in [5, 5.41) is 0. The van der Waals surface area contributed by atoms with Crippen molar-refractivity contribution >= 4 is 0 Å². The predicted molar refractivity (Wildman–Crippen MR) is 306 cm³/mol. The Morgan fingerprint density at radius 2 is 0.479 bits per heavy atom. The highest BCUT2D eigenvalue weighted by Crippen LogP contribution is 2.64. The lowest BCUT2D eigenvalue weighted by molar-refractivity contribution is 0.794. The van der Waals surface area contributed by atoms with Gasteiger partial charge in [0.25, 0.3) is 0 Å². The molecule has 12 aromatic rings. The fourth-order valence-electron chi connectivity index (χ4n) is 12.2. The SMILES string of the molecule is c1ccc(-c2cc(-c3ccccc3)cc(-c3cccc(-c4cc(-c5ccc(-c6ccccc6)c(-c6ccccc6)c5)cc(-c5cccc6c5-c5ccccc5C65c6ccccc6-c6ccccc65)c4)c3)c2)cc1. The summed E-state index contributed by atoms with van der Waals surface area (Å²) in [6, 6.07) is 108. The topological polar surface area (TPSA) is 0 Å². The first-order valence-corrected chi connectivity index (χ1v) is 25.4. The minimum Gasteiger partial charge on any atom is -0.0622 e. The molecule has 0 aliphatic heterocycles. The van der Waals surface area contributed by atoms with E-state index in [9.17, 15) is 0 Å². The van der Waals surface area contributed by atoms with Crippen LogP contribution >= 0.6 is 0 Å². The van der Waals surface area contributed by atoms with Gasteiger partial charge in [0.05, 0.1) is 5.41 Å². The van der Waals surface area contributed by atoms with Crippen molar-refractivity contribution < 1.29 is 0 Å². The van der Waals surface area contributed by atoms with Gasteiger partial charge in [0.1, 0.15) is 0 Å². The van der Waals surface area contributed by atoms with Crippen LogP contribution in [0.15, 0.2) is 291 Å². The fraction of sp³-hybridized carbons (Fsp3) is 0.0137. The molecule has 0 nitrogen and oxygen atoms in total. The first-order chi connectivity index (χ1) is 36.2. The lowest BCUT2D eigenvalue weighted by Crippen LogP contribution is -2.25. The van der Waals surface area contributed by atoms with Crippen molar-refractivity contribution in [3.8, 4) is 111 Å². The molecule has 0 fully saturated rings. The molecule has 0 N–H and O–H groups in total. The molecule has 0 aromatic heterocycles. The van der Waals surface area contributed by atoms with Crippen molar-refractivity contribution in [1.29, 1.82) is 0 Å². The van der Waals surface area contributed by atoms with Crippen LogP contribution in [0.2, 0.25) is 0 Å². The second-order valence-electron chi connectivity index (χ2n) is 19.5. The normalized spacial score (nSPS) is 12.5. The maximum absolute atomic E-state index is 2.44.